The van der Waals surface area contributed by atoms with Crippen molar-refractivity contribution in [1.82, 2.24) is 4.98 Å². The summed E-state index contributed by atoms with van der Waals surface area (Å²) in [6.45, 7) is 1.54. The van der Waals surface area contributed by atoms with Crippen LogP contribution in [0.25, 0.3) is 0 Å². The number of nitrogens with two attached hydrogens (primary N) is 1. The summed E-state index contributed by atoms with van der Waals surface area (Å²) in [5.74, 6) is -1.55. The van der Waals surface area contributed by atoms with Crippen LogP contribution in [0.5, 0.6) is 0 Å². The van der Waals surface area contributed by atoms with Crippen LogP contribution in [0.3, 0.4) is 0 Å². The van der Waals surface area contributed by atoms with E-state index in [-0.39, 0.29) is 17.7 Å². The Labute approximate surface area is 116 Å². The number of hydrogen-bond acceptors (Lipinski definition) is 3. The lowest BCUT2D eigenvalue weighted by molar-refractivity contribution is -0.143. The van der Waals surface area contributed by atoms with Crippen LogP contribution in [0.4, 0.5) is 10.1 Å². The molecule has 20 heavy (non-hydrogen) atoms. The molecule has 0 amide bonds. The van der Waals surface area contributed by atoms with Gasteiger partial charge in [0.05, 0.1) is 5.41 Å². The average molecular weight is 274 g/mol. The molecule has 0 bridgehead atoms. The molecule has 1 aromatic carbocycles. The van der Waals surface area contributed by atoms with Crippen molar-refractivity contribution in [3.05, 3.63) is 59.7 Å². The molecule has 0 saturated carbocycles. The number of rotatable bonds is 4. The number of aromatic nitrogens is 1. The Balaban J connectivity index is 2.49. The summed E-state index contributed by atoms with van der Waals surface area (Å²) >= 11 is 0. The zero-order valence-corrected chi connectivity index (χ0v) is 11.0. The Hall–Kier alpha value is -2.43. The summed E-state index contributed by atoms with van der Waals surface area (Å²) in [7, 11) is 0. The maximum absolute atomic E-state index is 13.4. The number of aliphatic carboxylic acids is 1. The largest absolute Gasteiger partial charge is 0.481 e. The van der Waals surface area contributed by atoms with E-state index in [2.05, 4.69) is 4.98 Å². The van der Waals surface area contributed by atoms with E-state index >= 15 is 0 Å². The van der Waals surface area contributed by atoms with Crippen molar-refractivity contribution in [1.29, 1.82) is 0 Å². The highest BCUT2D eigenvalue weighted by Crippen LogP contribution is 2.33. The fourth-order valence-corrected chi connectivity index (χ4v) is 2.20. The van der Waals surface area contributed by atoms with Crippen LogP contribution in [-0.4, -0.2) is 16.1 Å². The Morgan fingerprint density at radius 1 is 1.35 bits per heavy atom. The lowest BCUT2D eigenvalue weighted by Crippen LogP contribution is -2.35. The molecule has 2 aromatic rings. The van der Waals surface area contributed by atoms with Gasteiger partial charge < -0.3 is 10.8 Å². The Kier molecular flexibility index (Phi) is 3.70. The van der Waals surface area contributed by atoms with Gasteiger partial charge in [-0.1, -0.05) is 0 Å². The highest BCUT2D eigenvalue weighted by Gasteiger charge is 2.37. The van der Waals surface area contributed by atoms with E-state index in [1.54, 1.807) is 31.5 Å². The molecule has 4 nitrogen and oxygen atoms in total. The van der Waals surface area contributed by atoms with E-state index < -0.39 is 17.2 Å². The fourth-order valence-electron chi connectivity index (χ4n) is 2.20. The highest BCUT2D eigenvalue weighted by molar-refractivity contribution is 5.83. The Bertz CT molecular complexity index is 631. The molecule has 1 atom stereocenters. The van der Waals surface area contributed by atoms with Gasteiger partial charge in [-0.05, 0) is 54.8 Å². The van der Waals surface area contributed by atoms with Gasteiger partial charge in [-0.2, -0.15) is 0 Å². The molecular formula is C15H15FN2O2. The van der Waals surface area contributed by atoms with Gasteiger partial charge in [0, 0.05) is 18.1 Å². The highest BCUT2D eigenvalue weighted by atomic mass is 19.1. The summed E-state index contributed by atoms with van der Waals surface area (Å²) in [6.07, 6.45) is 3.39. The molecular weight excluding hydrogens is 259 g/mol. The number of halogens is 1. The van der Waals surface area contributed by atoms with Crippen LogP contribution in [-0.2, 0) is 16.6 Å². The first-order valence-corrected chi connectivity index (χ1v) is 6.11. The molecule has 5 heteroatoms. The van der Waals surface area contributed by atoms with E-state index in [4.69, 9.17) is 5.73 Å². The third kappa shape index (κ3) is 2.61. The molecule has 0 aliphatic carbocycles. The standard InChI is InChI=1S/C15H15FN2O2/c1-15(14(19)20,9-10-4-6-18-7-5-10)12-8-11(16)2-3-13(12)17/h2-8H,9,17H2,1H3,(H,19,20). The minimum Gasteiger partial charge on any atom is -0.481 e. The molecule has 0 radical (unpaired) electrons. The van der Waals surface area contributed by atoms with Gasteiger partial charge in [-0.3, -0.25) is 9.78 Å². The number of benzene rings is 1. The predicted octanol–water partition coefficient (Wildman–Crippen LogP) is 2.39. The van der Waals surface area contributed by atoms with Gasteiger partial charge in [0.15, 0.2) is 0 Å². The van der Waals surface area contributed by atoms with Gasteiger partial charge in [0.1, 0.15) is 5.82 Å². The molecule has 0 aliphatic rings. The van der Waals surface area contributed by atoms with Crippen molar-refractivity contribution >= 4 is 11.7 Å². The van der Waals surface area contributed by atoms with Crippen molar-refractivity contribution < 1.29 is 14.3 Å². The second kappa shape index (κ2) is 5.28. The molecule has 1 unspecified atom stereocenters. The first-order chi connectivity index (χ1) is 9.43. The normalized spacial score (nSPS) is 13.7. The SMILES string of the molecule is CC(Cc1ccncc1)(C(=O)O)c1cc(F)ccc1N. The summed E-state index contributed by atoms with van der Waals surface area (Å²) in [4.78, 5) is 15.6. The van der Waals surface area contributed by atoms with Crippen LogP contribution >= 0.6 is 0 Å². The lowest BCUT2D eigenvalue weighted by atomic mass is 9.76. The number of nitrogen functional groups attached to an aromatic ring is 1. The topological polar surface area (TPSA) is 76.2 Å². The minimum absolute atomic E-state index is 0.207. The van der Waals surface area contributed by atoms with Crippen molar-refractivity contribution in [3.63, 3.8) is 0 Å². The first-order valence-electron chi connectivity index (χ1n) is 6.11. The first kappa shape index (κ1) is 14.0. The number of anilines is 1. The lowest BCUT2D eigenvalue weighted by Gasteiger charge is -2.27. The smallest absolute Gasteiger partial charge is 0.314 e. The molecule has 0 fully saturated rings. The van der Waals surface area contributed by atoms with E-state index in [9.17, 15) is 14.3 Å². The number of pyridine rings is 1. The summed E-state index contributed by atoms with van der Waals surface area (Å²) in [5, 5.41) is 9.57. The molecule has 1 heterocycles. The van der Waals surface area contributed by atoms with Gasteiger partial charge >= 0.3 is 5.97 Å². The third-order valence-electron chi connectivity index (χ3n) is 3.39. The number of carbonyl (C=O) groups is 1. The Morgan fingerprint density at radius 3 is 2.60 bits per heavy atom. The second-order valence-electron chi connectivity index (χ2n) is 4.90. The van der Waals surface area contributed by atoms with E-state index in [0.29, 0.717) is 0 Å². The quantitative estimate of drug-likeness (QED) is 0.839. The summed E-state index contributed by atoms with van der Waals surface area (Å²) in [5.41, 5.74) is 5.87. The number of nitrogens with zero attached hydrogens (tertiary/aromatic N) is 1. The molecule has 0 spiro atoms. The van der Waals surface area contributed by atoms with E-state index in [0.717, 1.165) is 5.56 Å². The van der Waals surface area contributed by atoms with Gasteiger partial charge in [0.2, 0.25) is 0 Å². The van der Waals surface area contributed by atoms with Crippen LogP contribution in [0.15, 0.2) is 42.7 Å². The maximum atomic E-state index is 13.4. The maximum Gasteiger partial charge on any atom is 0.314 e. The number of hydrogen-bond donors (Lipinski definition) is 2. The van der Waals surface area contributed by atoms with E-state index in [1.807, 2.05) is 0 Å². The van der Waals surface area contributed by atoms with Crippen LogP contribution in [0.1, 0.15) is 18.1 Å². The van der Waals surface area contributed by atoms with Crippen molar-refractivity contribution in [3.8, 4) is 0 Å². The number of carboxylic acids is 1. The van der Waals surface area contributed by atoms with E-state index in [1.165, 1.54) is 18.2 Å². The molecule has 104 valence electrons. The van der Waals surface area contributed by atoms with Crippen molar-refractivity contribution in [2.45, 2.75) is 18.8 Å². The molecule has 0 saturated heterocycles. The van der Waals surface area contributed by atoms with Gasteiger partial charge in [0.25, 0.3) is 0 Å². The molecule has 0 aliphatic heterocycles. The zero-order valence-electron chi connectivity index (χ0n) is 11.0. The predicted molar refractivity (Wildman–Crippen MR) is 73.7 cm³/mol. The fraction of sp³-hybridized carbons (Fsp3) is 0.200. The molecule has 3 N–H and O–H groups in total. The molecule has 1 aromatic heterocycles. The van der Waals surface area contributed by atoms with Crippen molar-refractivity contribution in [2.24, 2.45) is 0 Å². The number of carboxylic acid groups (broad SMARTS) is 1. The van der Waals surface area contributed by atoms with Crippen LogP contribution < -0.4 is 5.73 Å². The second-order valence-corrected chi connectivity index (χ2v) is 4.90. The Morgan fingerprint density at radius 2 is 2.00 bits per heavy atom. The van der Waals surface area contributed by atoms with Gasteiger partial charge in [-0.15, -0.1) is 0 Å². The van der Waals surface area contributed by atoms with Gasteiger partial charge in [-0.25, -0.2) is 4.39 Å². The monoisotopic (exact) mass is 274 g/mol. The van der Waals surface area contributed by atoms with Crippen molar-refractivity contribution in [2.75, 3.05) is 5.73 Å². The zero-order chi connectivity index (χ0) is 14.8. The van der Waals surface area contributed by atoms with Crippen LogP contribution in [0.2, 0.25) is 0 Å². The van der Waals surface area contributed by atoms with Crippen LogP contribution in [0, 0.1) is 5.82 Å². The summed E-state index contributed by atoms with van der Waals surface area (Å²) < 4.78 is 13.4. The summed E-state index contributed by atoms with van der Waals surface area (Å²) in [6, 6.07) is 7.25. The third-order valence-corrected chi connectivity index (χ3v) is 3.39. The average Bonchev–Trinajstić information content (AvgIpc) is 2.42. The molecule has 2 rings (SSSR count). The minimum atomic E-state index is -1.30.